The molecule has 0 bridgehead atoms. The number of aromatic nitrogens is 2. The van der Waals surface area contributed by atoms with Gasteiger partial charge in [0.05, 0.1) is 5.56 Å². The van der Waals surface area contributed by atoms with Crippen molar-refractivity contribution in [2.24, 2.45) is 0 Å². The zero-order valence-electron chi connectivity index (χ0n) is 8.22. The fraction of sp³-hybridized carbons (Fsp3) is 0. The Bertz CT molecular complexity index is 525. The van der Waals surface area contributed by atoms with E-state index in [1.165, 1.54) is 12.4 Å². The Kier molecular flexibility index (Phi) is 2.83. The number of nitrogen functional groups attached to an aromatic ring is 1. The number of nitrogens with two attached hydrogens (primary N) is 1. The molecule has 0 saturated heterocycles. The molecule has 0 atom stereocenters. The van der Waals surface area contributed by atoms with Gasteiger partial charge in [-0.05, 0) is 24.3 Å². The van der Waals surface area contributed by atoms with Crippen molar-refractivity contribution in [2.45, 2.75) is 0 Å². The summed E-state index contributed by atoms with van der Waals surface area (Å²) in [6, 6.07) is 6.44. The van der Waals surface area contributed by atoms with Crippen molar-refractivity contribution in [3.05, 3.63) is 52.9 Å². The minimum atomic E-state index is -0.213. The maximum absolute atomic E-state index is 12.0. The van der Waals surface area contributed by atoms with Gasteiger partial charge in [0.25, 0.3) is 0 Å². The molecule has 0 aromatic carbocycles. The van der Waals surface area contributed by atoms with Crippen LogP contribution in [0, 0.1) is 0 Å². The van der Waals surface area contributed by atoms with Crippen LogP contribution in [-0.4, -0.2) is 15.8 Å². The summed E-state index contributed by atoms with van der Waals surface area (Å²) in [7, 11) is 0. The van der Waals surface area contributed by atoms with Crippen LogP contribution in [0.15, 0.2) is 36.7 Å². The molecular weight excluding hydrogens is 226 g/mol. The summed E-state index contributed by atoms with van der Waals surface area (Å²) < 4.78 is 0. The number of ketones is 1. The summed E-state index contributed by atoms with van der Waals surface area (Å²) in [5.41, 5.74) is 6.41. The van der Waals surface area contributed by atoms with Crippen molar-refractivity contribution in [2.75, 3.05) is 5.73 Å². The van der Waals surface area contributed by atoms with Gasteiger partial charge >= 0.3 is 0 Å². The van der Waals surface area contributed by atoms with Crippen LogP contribution < -0.4 is 5.73 Å². The Morgan fingerprint density at radius 3 is 2.69 bits per heavy atom. The van der Waals surface area contributed by atoms with Gasteiger partial charge in [-0.3, -0.25) is 4.79 Å². The van der Waals surface area contributed by atoms with Crippen molar-refractivity contribution in [3.63, 3.8) is 0 Å². The Morgan fingerprint density at radius 1 is 1.25 bits per heavy atom. The number of carbonyl (C=O) groups excluding carboxylic acids is 1. The number of carbonyl (C=O) groups is 1. The smallest absolute Gasteiger partial charge is 0.198 e. The predicted octanol–water partition coefficient (Wildman–Crippen LogP) is 1.94. The maximum Gasteiger partial charge on any atom is 0.198 e. The summed E-state index contributed by atoms with van der Waals surface area (Å²) >= 11 is 5.63. The molecule has 0 radical (unpaired) electrons. The Labute approximate surface area is 97.1 Å². The average molecular weight is 234 g/mol. The molecule has 2 aromatic heterocycles. The third-order valence-electron chi connectivity index (χ3n) is 2.07. The van der Waals surface area contributed by atoms with Gasteiger partial charge in [-0.1, -0.05) is 11.6 Å². The van der Waals surface area contributed by atoms with Crippen LogP contribution in [0.25, 0.3) is 0 Å². The van der Waals surface area contributed by atoms with E-state index < -0.39 is 0 Å². The monoisotopic (exact) mass is 233 g/mol. The van der Waals surface area contributed by atoms with Crippen LogP contribution >= 0.6 is 11.6 Å². The van der Waals surface area contributed by atoms with Gasteiger partial charge in [0.2, 0.25) is 0 Å². The quantitative estimate of drug-likeness (QED) is 0.636. The molecule has 0 fully saturated rings. The molecule has 16 heavy (non-hydrogen) atoms. The van der Waals surface area contributed by atoms with Crippen molar-refractivity contribution in [3.8, 4) is 0 Å². The van der Waals surface area contributed by atoms with Crippen LogP contribution in [0.5, 0.6) is 0 Å². The van der Waals surface area contributed by atoms with E-state index >= 15 is 0 Å². The van der Waals surface area contributed by atoms with E-state index in [-0.39, 0.29) is 11.6 Å². The number of pyridine rings is 2. The lowest BCUT2D eigenvalue weighted by atomic mass is 10.1. The first-order valence-electron chi connectivity index (χ1n) is 4.55. The van der Waals surface area contributed by atoms with Crippen molar-refractivity contribution in [1.82, 2.24) is 9.97 Å². The summed E-state index contributed by atoms with van der Waals surface area (Å²) in [5, 5.41) is 0.343. The van der Waals surface area contributed by atoms with E-state index in [0.717, 1.165) is 0 Å². The molecule has 2 rings (SSSR count). The normalized spacial score (nSPS) is 10.1. The van der Waals surface area contributed by atoms with Gasteiger partial charge in [0.15, 0.2) is 5.78 Å². The minimum absolute atomic E-state index is 0.211. The van der Waals surface area contributed by atoms with Gasteiger partial charge in [0.1, 0.15) is 11.0 Å². The molecule has 0 amide bonds. The minimum Gasteiger partial charge on any atom is -0.383 e. The number of nitrogens with zero attached hydrogens (tertiary/aromatic N) is 2. The van der Waals surface area contributed by atoms with Crippen LogP contribution in [0.2, 0.25) is 5.15 Å². The van der Waals surface area contributed by atoms with Gasteiger partial charge in [-0.25, -0.2) is 9.97 Å². The second-order valence-corrected chi connectivity index (χ2v) is 3.52. The highest BCUT2D eigenvalue weighted by molar-refractivity contribution is 6.29. The molecule has 2 aromatic rings. The highest BCUT2D eigenvalue weighted by Crippen LogP contribution is 2.14. The highest BCUT2D eigenvalue weighted by atomic mass is 35.5. The maximum atomic E-state index is 12.0. The number of hydrogen-bond donors (Lipinski definition) is 1. The molecular formula is C11H8ClN3O. The zero-order valence-corrected chi connectivity index (χ0v) is 8.98. The molecule has 0 aliphatic heterocycles. The van der Waals surface area contributed by atoms with E-state index in [1.807, 2.05) is 0 Å². The molecule has 80 valence electrons. The lowest BCUT2D eigenvalue weighted by Gasteiger charge is -2.02. The second-order valence-electron chi connectivity index (χ2n) is 3.13. The number of rotatable bonds is 2. The molecule has 0 aliphatic carbocycles. The topological polar surface area (TPSA) is 68.9 Å². The van der Waals surface area contributed by atoms with Gasteiger partial charge < -0.3 is 5.73 Å². The first-order chi connectivity index (χ1) is 7.68. The number of anilines is 1. The Balaban J connectivity index is 2.40. The average Bonchev–Trinajstić information content (AvgIpc) is 2.30. The van der Waals surface area contributed by atoms with Crippen LogP contribution in [0.1, 0.15) is 15.9 Å². The second kappa shape index (κ2) is 4.28. The van der Waals surface area contributed by atoms with Gasteiger partial charge in [-0.2, -0.15) is 0 Å². The van der Waals surface area contributed by atoms with E-state index in [1.54, 1.807) is 24.3 Å². The third kappa shape index (κ3) is 2.01. The van der Waals surface area contributed by atoms with E-state index in [9.17, 15) is 4.79 Å². The third-order valence-corrected chi connectivity index (χ3v) is 2.30. The standard InChI is InChI=1S/C11H8ClN3O/c12-9-4-3-7(6-15-9)10(16)8-2-1-5-14-11(8)13/h1-6H,(H2,13,14). The Morgan fingerprint density at radius 2 is 2.06 bits per heavy atom. The summed E-state index contributed by atoms with van der Waals surface area (Å²) in [4.78, 5) is 19.7. The molecule has 0 saturated carbocycles. The number of halogens is 1. The van der Waals surface area contributed by atoms with Crippen LogP contribution in [0.4, 0.5) is 5.82 Å². The SMILES string of the molecule is Nc1ncccc1C(=O)c1ccc(Cl)nc1. The fourth-order valence-electron chi connectivity index (χ4n) is 1.28. The molecule has 0 unspecified atom stereocenters. The van der Waals surface area contributed by atoms with Gasteiger partial charge in [-0.15, -0.1) is 0 Å². The molecule has 0 aliphatic rings. The zero-order chi connectivity index (χ0) is 11.5. The van der Waals surface area contributed by atoms with E-state index in [0.29, 0.717) is 16.3 Å². The highest BCUT2D eigenvalue weighted by Gasteiger charge is 2.12. The summed E-state index contributed by atoms with van der Waals surface area (Å²) in [6.07, 6.45) is 2.95. The number of hydrogen-bond acceptors (Lipinski definition) is 4. The molecule has 5 heteroatoms. The first kappa shape index (κ1) is 10.6. The molecule has 2 heterocycles. The first-order valence-corrected chi connectivity index (χ1v) is 4.93. The van der Waals surface area contributed by atoms with Crippen molar-refractivity contribution in [1.29, 1.82) is 0 Å². The predicted molar refractivity (Wildman–Crippen MR) is 61.3 cm³/mol. The fourth-order valence-corrected chi connectivity index (χ4v) is 1.39. The van der Waals surface area contributed by atoms with E-state index in [4.69, 9.17) is 17.3 Å². The van der Waals surface area contributed by atoms with Crippen molar-refractivity contribution < 1.29 is 4.79 Å². The summed E-state index contributed by atoms with van der Waals surface area (Å²) in [6.45, 7) is 0. The van der Waals surface area contributed by atoms with Crippen LogP contribution in [0.3, 0.4) is 0 Å². The van der Waals surface area contributed by atoms with Crippen molar-refractivity contribution >= 4 is 23.2 Å². The Hall–Kier alpha value is -1.94. The molecule has 4 nitrogen and oxygen atoms in total. The largest absolute Gasteiger partial charge is 0.383 e. The molecule has 2 N–H and O–H groups in total. The lowest BCUT2D eigenvalue weighted by molar-refractivity contribution is 0.103. The summed E-state index contributed by atoms with van der Waals surface area (Å²) in [5.74, 6) is -0.00258. The molecule has 0 spiro atoms. The lowest BCUT2D eigenvalue weighted by Crippen LogP contribution is -2.06. The van der Waals surface area contributed by atoms with Crippen LogP contribution in [-0.2, 0) is 0 Å². The van der Waals surface area contributed by atoms with E-state index in [2.05, 4.69) is 9.97 Å². The van der Waals surface area contributed by atoms with Gasteiger partial charge in [0, 0.05) is 18.0 Å².